The molecule has 0 aliphatic carbocycles. The van der Waals surface area contributed by atoms with Crippen molar-refractivity contribution >= 4 is 21.8 Å². The molecule has 0 aliphatic rings. The molecule has 0 spiro atoms. The number of aromatic carboxylic acids is 1. The Morgan fingerprint density at radius 3 is 2.31 bits per heavy atom. The molecule has 0 aliphatic heterocycles. The van der Waals surface area contributed by atoms with Crippen LogP contribution >= 0.6 is 0 Å². The molecule has 8 nitrogen and oxygen atoms in total. The highest BCUT2D eigenvalue weighted by Gasteiger charge is 2.22. The molecule has 1 rings (SSSR count). The van der Waals surface area contributed by atoms with Gasteiger partial charge in [-0.15, -0.1) is 0 Å². The van der Waals surface area contributed by atoms with E-state index in [2.05, 4.69) is 0 Å². The van der Waals surface area contributed by atoms with Crippen LogP contribution in [0.3, 0.4) is 0 Å². The Morgan fingerprint density at radius 1 is 1.38 bits per heavy atom. The molecule has 4 N–H and O–H groups in total. The van der Waals surface area contributed by atoms with Crippen LogP contribution in [0.4, 0.5) is 5.69 Å². The maximum atomic E-state index is 10.8. The molecule has 0 amide bonds. The van der Waals surface area contributed by atoms with Crippen LogP contribution in [0.1, 0.15) is 10.4 Å². The van der Waals surface area contributed by atoms with E-state index in [9.17, 15) is 18.4 Å². The van der Waals surface area contributed by atoms with Gasteiger partial charge in [-0.1, -0.05) is 0 Å². The van der Waals surface area contributed by atoms with E-state index in [4.69, 9.17) is 14.9 Å². The third-order valence-corrected chi connectivity index (χ3v) is 2.63. The average molecular weight is 249 g/mol. The van der Waals surface area contributed by atoms with Crippen molar-refractivity contribution in [1.29, 1.82) is 0 Å². The lowest BCUT2D eigenvalue weighted by Crippen LogP contribution is -2.99. The average Bonchev–Trinajstić information content (AvgIpc) is 2.15. The second kappa shape index (κ2) is 4.15. The lowest BCUT2D eigenvalue weighted by atomic mass is 10.2. The van der Waals surface area contributed by atoms with Crippen molar-refractivity contribution in [3.05, 3.63) is 29.0 Å². The van der Waals surface area contributed by atoms with Crippen molar-refractivity contribution in [2.75, 3.05) is 0 Å². The van der Waals surface area contributed by atoms with Crippen LogP contribution in [-0.2, 0) is 10.1 Å². The van der Waals surface area contributed by atoms with Gasteiger partial charge >= 0.3 is 5.97 Å². The number of quaternary nitrogens is 1. The lowest BCUT2D eigenvalue weighted by molar-refractivity contribution is -0.991. The topological polar surface area (TPSA) is 139 Å². The van der Waals surface area contributed by atoms with E-state index in [1.165, 1.54) is 0 Å². The van der Waals surface area contributed by atoms with Gasteiger partial charge in [0.25, 0.3) is 10.1 Å². The molecule has 1 aromatic carbocycles. The number of carboxylic acid groups (broad SMARTS) is 1. The molecule has 1 atom stereocenters. The molecule has 0 saturated carbocycles. The first kappa shape index (κ1) is 12.5. The molecular weight excluding hydrogens is 242 g/mol. The van der Waals surface area contributed by atoms with E-state index in [0.717, 1.165) is 12.1 Å². The van der Waals surface area contributed by atoms with E-state index < -0.39 is 37.5 Å². The first-order valence-corrected chi connectivity index (χ1v) is 5.25. The molecule has 0 bridgehead atoms. The van der Waals surface area contributed by atoms with Crippen LogP contribution in [0.15, 0.2) is 23.1 Å². The summed E-state index contributed by atoms with van der Waals surface area (Å²) in [6.45, 7) is 0. The minimum Gasteiger partial charge on any atom is -0.595 e. The second-order valence-corrected chi connectivity index (χ2v) is 4.19. The Kier molecular flexibility index (Phi) is 3.26. The summed E-state index contributed by atoms with van der Waals surface area (Å²) < 4.78 is 30.4. The summed E-state index contributed by atoms with van der Waals surface area (Å²) in [6.07, 6.45) is 0. The third kappa shape index (κ3) is 2.53. The highest BCUT2D eigenvalue weighted by atomic mass is 32.2. The van der Waals surface area contributed by atoms with Gasteiger partial charge in [0, 0.05) is 12.1 Å². The van der Waals surface area contributed by atoms with Crippen LogP contribution < -0.4 is 5.23 Å². The van der Waals surface area contributed by atoms with Crippen molar-refractivity contribution in [3.8, 4) is 0 Å². The highest BCUT2D eigenvalue weighted by molar-refractivity contribution is 7.86. The Balaban J connectivity index is 3.51. The summed E-state index contributed by atoms with van der Waals surface area (Å²) in [5, 5.41) is 26.3. The predicted octanol–water partition coefficient (Wildman–Crippen LogP) is -0.965. The van der Waals surface area contributed by atoms with Crippen molar-refractivity contribution < 1.29 is 33.3 Å². The monoisotopic (exact) mass is 249 g/mol. The van der Waals surface area contributed by atoms with Crippen LogP contribution in [0.2, 0.25) is 0 Å². The zero-order valence-electron chi connectivity index (χ0n) is 7.61. The molecule has 16 heavy (non-hydrogen) atoms. The summed E-state index contributed by atoms with van der Waals surface area (Å²) >= 11 is 0. The number of hydrogen-bond acceptors (Lipinski definition) is 5. The maximum Gasteiger partial charge on any atom is 0.337 e. The number of benzene rings is 1. The first-order chi connectivity index (χ1) is 7.23. The van der Waals surface area contributed by atoms with Gasteiger partial charge in [-0.3, -0.25) is 4.55 Å². The third-order valence-electron chi connectivity index (χ3n) is 1.74. The summed E-state index contributed by atoms with van der Waals surface area (Å²) in [5.41, 5.74) is -1.12. The quantitative estimate of drug-likeness (QED) is 0.399. The van der Waals surface area contributed by atoms with Crippen LogP contribution in [0.5, 0.6) is 0 Å². The van der Waals surface area contributed by atoms with Gasteiger partial charge in [0.2, 0.25) is 0 Å². The lowest BCUT2D eigenvalue weighted by Gasteiger charge is -2.12. The Bertz CT molecular complexity index is 522. The van der Waals surface area contributed by atoms with Crippen LogP contribution in [0, 0.1) is 5.21 Å². The maximum absolute atomic E-state index is 10.8. The van der Waals surface area contributed by atoms with Gasteiger partial charge < -0.3 is 10.3 Å². The molecule has 0 radical (unpaired) electrons. The predicted molar refractivity (Wildman–Crippen MR) is 49.0 cm³/mol. The minimum absolute atomic E-state index is 0.433. The number of rotatable bonds is 3. The molecular formula is C7H7NO7S. The Hall–Kier alpha value is -1.52. The molecule has 0 saturated heterocycles. The second-order valence-electron chi connectivity index (χ2n) is 2.80. The van der Waals surface area contributed by atoms with Gasteiger partial charge in [0.1, 0.15) is 4.90 Å². The fourth-order valence-electron chi connectivity index (χ4n) is 1.05. The molecule has 9 heteroatoms. The zero-order chi connectivity index (χ0) is 12.5. The van der Waals surface area contributed by atoms with Crippen LogP contribution in [0.25, 0.3) is 0 Å². The fourth-order valence-corrected chi connectivity index (χ4v) is 1.75. The highest BCUT2D eigenvalue weighted by Crippen LogP contribution is 2.18. The Labute approximate surface area is 89.6 Å². The first-order valence-electron chi connectivity index (χ1n) is 3.81. The van der Waals surface area contributed by atoms with Crippen molar-refractivity contribution in [3.63, 3.8) is 0 Å². The summed E-state index contributed by atoms with van der Waals surface area (Å²) in [5.74, 6) is -1.58. The smallest absolute Gasteiger partial charge is 0.337 e. The number of hydrogen-bond donors (Lipinski definition) is 4. The summed E-state index contributed by atoms with van der Waals surface area (Å²) in [6, 6.07) is 2.32. The van der Waals surface area contributed by atoms with E-state index in [1.54, 1.807) is 0 Å². The molecule has 1 aromatic rings. The Morgan fingerprint density at radius 2 is 1.94 bits per heavy atom. The summed E-state index contributed by atoms with van der Waals surface area (Å²) in [7, 11) is -4.78. The molecule has 0 aromatic heterocycles. The van der Waals surface area contributed by atoms with Crippen molar-refractivity contribution in [2.24, 2.45) is 0 Å². The molecule has 1 unspecified atom stereocenters. The number of carboxylic acids is 1. The number of carbonyl (C=O) groups is 1. The number of nitrogens with one attached hydrogen (secondary N) is 1. The molecule has 0 heterocycles. The van der Waals surface area contributed by atoms with Gasteiger partial charge in [0.15, 0.2) is 5.69 Å². The van der Waals surface area contributed by atoms with Gasteiger partial charge in [-0.2, -0.15) is 13.6 Å². The normalized spacial score (nSPS) is 13.4. The van der Waals surface area contributed by atoms with E-state index in [-0.39, 0.29) is 0 Å². The molecule has 0 fully saturated rings. The molecule has 88 valence electrons. The van der Waals surface area contributed by atoms with Gasteiger partial charge in [0.05, 0.1) is 5.56 Å². The van der Waals surface area contributed by atoms with Crippen molar-refractivity contribution in [2.45, 2.75) is 4.90 Å². The standard InChI is InChI=1S/C7H7NO7S/c9-7(10)5-2-1-4(8(11)12)3-6(5)16(13,14)15/h1-3,8,11H,(H,9,10)(H,13,14,15). The van der Waals surface area contributed by atoms with Gasteiger partial charge in [-0.25, -0.2) is 10.0 Å². The SMILES string of the molecule is O=C(O)c1ccc([NH+]([O-])O)cc1S(=O)(=O)O. The zero-order valence-corrected chi connectivity index (χ0v) is 8.43. The van der Waals surface area contributed by atoms with Gasteiger partial charge in [-0.05, 0) is 6.07 Å². The van der Waals surface area contributed by atoms with E-state index in [1.807, 2.05) is 0 Å². The minimum atomic E-state index is -4.78. The largest absolute Gasteiger partial charge is 0.595 e. The van der Waals surface area contributed by atoms with Crippen molar-refractivity contribution in [1.82, 2.24) is 0 Å². The van der Waals surface area contributed by atoms with Crippen LogP contribution in [-0.4, -0.2) is 29.3 Å². The summed E-state index contributed by atoms with van der Waals surface area (Å²) in [4.78, 5) is 9.68. The van der Waals surface area contributed by atoms with E-state index in [0.29, 0.717) is 6.07 Å². The van der Waals surface area contributed by atoms with E-state index >= 15 is 0 Å². The fraction of sp³-hybridized carbons (Fsp3) is 0.